The van der Waals surface area contributed by atoms with Crippen LogP contribution in [0.1, 0.15) is 29.8 Å². The summed E-state index contributed by atoms with van der Waals surface area (Å²) in [5.41, 5.74) is 2.43. The zero-order chi connectivity index (χ0) is 22.2. The number of β-amino-alcohol motifs (C(OH)–C–C–N with tert-alkyl or cyclic N) is 1. The van der Waals surface area contributed by atoms with Gasteiger partial charge in [0.05, 0.1) is 24.6 Å². The third kappa shape index (κ3) is 7.31. The SMILES string of the molecule is Cc1ccc(C(=O)Nc2ccc(N3CCN(CC(O)COCC(C)C)CC3)nc2)cc1. The van der Waals surface area contributed by atoms with Crippen LogP contribution in [0.15, 0.2) is 42.6 Å². The van der Waals surface area contributed by atoms with E-state index in [9.17, 15) is 9.90 Å². The highest BCUT2D eigenvalue weighted by atomic mass is 16.5. The Kier molecular flexibility index (Phi) is 8.40. The lowest BCUT2D eigenvalue weighted by atomic mass is 10.1. The van der Waals surface area contributed by atoms with E-state index < -0.39 is 6.10 Å². The molecule has 0 spiro atoms. The van der Waals surface area contributed by atoms with Gasteiger partial charge in [-0.05, 0) is 37.1 Å². The Balaban J connectivity index is 1.43. The number of hydrogen-bond acceptors (Lipinski definition) is 6. The van der Waals surface area contributed by atoms with Crippen molar-refractivity contribution >= 4 is 17.4 Å². The third-order valence-corrected chi connectivity index (χ3v) is 5.25. The summed E-state index contributed by atoms with van der Waals surface area (Å²) in [6.45, 7) is 11.3. The summed E-state index contributed by atoms with van der Waals surface area (Å²) < 4.78 is 5.53. The molecule has 168 valence electrons. The molecule has 2 heterocycles. The number of carbonyl (C=O) groups is 1. The smallest absolute Gasteiger partial charge is 0.255 e. The van der Waals surface area contributed by atoms with E-state index in [-0.39, 0.29) is 5.91 Å². The number of benzene rings is 1. The molecule has 1 unspecified atom stereocenters. The van der Waals surface area contributed by atoms with Crippen molar-refractivity contribution in [3.05, 3.63) is 53.7 Å². The first-order valence-corrected chi connectivity index (χ1v) is 11.0. The van der Waals surface area contributed by atoms with Gasteiger partial charge in [-0.1, -0.05) is 31.5 Å². The summed E-state index contributed by atoms with van der Waals surface area (Å²) in [4.78, 5) is 21.4. The maximum Gasteiger partial charge on any atom is 0.255 e. The summed E-state index contributed by atoms with van der Waals surface area (Å²) in [6.07, 6.45) is 1.24. The third-order valence-electron chi connectivity index (χ3n) is 5.25. The molecule has 1 atom stereocenters. The van der Waals surface area contributed by atoms with Crippen molar-refractivity contribution < 1.29 is 14.6 Å². The molecular weight excluding hydrogens is 392 g/mol. The Hall–Kier alpha value is -2.48. The van der Waals surface area contributed by atoms with Gasteiger partial charge in [0.2, 0.25) is 0 Å². The topological polar surface area (TPSA) is 77.9 Å². The van der Waals surface area contributed by atoms with Gasteiger partial charge in [0.25, 0.3) is 5.91 Å². The molecule has 1 aliphatic heterocycles. The molecule has 1 aromatic heterocycles. The highest BCUT2D eigenvalue weighted by Crippen LogP contribution is 2.17. The van der Waals surface area contributed by atoms with E-state index in [1.807, 2.05) is 43.3 Å². The number of aryl methyl sites for hydroxylation is 1. The van der Waals surface area contributed by atoms with Gasteiger partial charge in [-0.25, -0.2) is 4.98 Å². The van der Waals surface area contributed by atoms with E-state index in [1.54, 1.807) is 6.20 Å². The van der Waals surface area contributed by atoms with Crippen molar-refractivity contribution in [2.24, 2.45) is 5.92 Å². The van der Waals surface area contributed by atoms with Gasteiger partial charge >= 0.3 is 0 Å². The Morgan fingerprint density at radius 1 is 1.10 bits per heavy atom. The van der Waals surface area contributed by atoms with E-state index in [4.69, 9.17) is 4.74 Å². The lowest BCUT2D eigenvalue weighted by molar-refractivity contribution is 0.00745. The van der Waals surface area contributed by atoms with Gasteiger partial charge in [-0.15, -0.1) is 0 Å². The fraction of sp³-hybridized carbons (Fsp3) is 0.500. The lowest BCUT2D eigenvalue weighted by Gasteiger charge is -2.36. The predicted octanol–water partition coefficient (Wildman–Crippen LogP) is 2.80. The van der Waals surface area contributed by atoms with E-state index in [1.165, 1.54) is 0 Å². The first-order chi connectivity index (χ1) is 14.9. The molecule has 7 nitrogen and oxygen atoms in total. The first-order valence-electron chi connectivity index (χ1n) is 11.0. The van der Waals surface area contributed by atoms with Gasteiger partial charge in [0, 0.05) is 44.9 Å². The predicted molar refractivity (Wildman–Crippen MR) is 124 cm³/mol. The number of ether oxygens (including phenoxy) is 1. The molecule has 0 radical (unpaired) electrons. The normalized spacial score (nSPS) is 15.8. The van der Waals surface area contributed by atoms with Crippen molar-refractivity contribution in [2.75, 3.05) is 56.2 Å². The van der Waals surface area contributed by atoms with E-state index in [0.717, 1.165) is 37.6 Å². The average molecular weight is 427 g/mol. The van der Waals surface area contributed by atoms with Crippen LogP contribution in [-0.2, 0) is 4.74 Å². The number of anilines is 2. The second-order valence-corrected chi connectivity index (χ2v) is 8.60. The zero-order valence-electron chi connectivity index (χ0n) is 18.8. The quantitative estimate of drug-likeness (QED) is 0.642. The number of aliphatic hydroxyl groups excluding tert-OH is 1. The minimum Gasteiger partial charge on any atom is -0.389 e. The molecule has 2 N–H and O–H groups in total. The number of rotatable bonds is 9. The number of piperazine rings is 1. The maximum atomic E-state index is 12.4. The molecule has 0 saturated carbocycles. The van der Waals surface area contributed by atoms with Gasteiger partial charge in [0.1, 0.15) is 5.82 Å². The van der Waals surface area contributed by atoms with Crippen molar-refractivity contribution in [2.45, 2.75) is 26.9 Å². The van der Waals surface area contributed by atoms with Crippen LogP contribution in [0.2, 0.25) is 0 Å². The largest absolute Gasteiger partial charge is 0.389 e. The van der Waals surface area contributed by atoms with Crippen molar-refractivity contribution in [3.8, 4) is 0 Å². The van der Waals surface area contributed by atoms with Crippen LogP contribution in [0.4, 0.5) is 11.5 Å². The molecule has 7 heteroatoms. The molecule has 1 amide bonds. The molecule has 0 aliphatic carbocycles. The van der Waals surface area contributed by atoms with Crippen molar-refractivity contribution in [1.29, 1.82) is 0 Å². The molecule has 1 aliphatic rings. The van der Waals surface area contributed by atoms with Gasteiger partial charge in [-0.3, -0.25) is 9.69 Å². The molecule has 3 rings (SSSR count). The van der Waals surface area contributed by atoms with Crippen LogP contribution in [0.25, 0.3) is 0 Å². The molecule has 2 aromatic rings. The zero-order valence-corrected chi connectivity index (χ0v) is 18.8. The maximum absolute atomic E-state index is 12.4. The molecule has 1 saturated heterocycles. The second-order valence-electron chi connectivity index (χ2n) is 8.60. The number of nitrogens with one attached hydrogen (secondary N) is 1. The van der Waals surface area contributed by atoms with Crippen LogP contribution < -0.4 is 10.2 Å². The number of hydrogen-bond donors (Lipinski definition) is 2. The highest BCUT2D eigenvalue weighted by molar-refractivity contribution is 6.04. The molecule has 0 bridgehead atoms. The van der Waals surface area contributed by atoms with E-state index in [2.05, 4.69) is 33.9 Å². The van der Waals surface area contributed by atoms with Crippen LogP contribution in [0.3, 0.4) is 0 Å². The standard InChI is InChI=1S/C24H34N4O3/c1-18(2)16-31-17-22(29)15-27-10-12-28(13-11-27)23-9-8-21(14-25-23)26-24(30)20-6-4-19(3)5-7-20/h4-9,14,18,22,29H,10-13,15-17H2,1-3H3,(H,26,30). The Morgan fingerprint density at radius 3 is 2.42 bits per heavy atom. The van der Waals surface area contributed by atoms with Crippen LogP contribution in [-0.4, -0.2) is 72.9 Å². The number of amides is 1. The van der Waals surface area contributed by atoms with E-state index >= 15 is 0 Å². The Labute approximate surface area is 185 Å². The number of nitrogens with zero attached hydrogens (tertiary/aromatic N) is 3. The minimum atomic E-state index is -0.458. The summed E-state index contributed by atoms with van der Waals surface area (Å²) in [7, 11) is 0. The number of pyridine rings is 1. The summed E-state index contributed by atoms with van der Waals surface area (Å²) >= 11 is 0. The first kappa shape index (κ1) is 23.2. The monoisotopic (exact) mass is 426 g/mol. The lowest BCUT2D eigenvalue weighted by Crippen LogP contribution is -2.49. The van der Waals surface area contributed by atoms with Crippen LogP contribution in [0.5, 0.6) is 0 Å². The summed E-state index contributed by atoms with van der Waals surface area (Å²) in [5.74, 6) is 1.23. The summed E-state index contributed by atoms with van der Waals surface area (Å²) in [6, 6.07) is 11.3. The van der Waals surface area contributed by atoms with Crippen LogP contribution >= 0.6 is 0 Å². The van der Waals surface area contributed by atoms with Gasteiger partial charge in [0.15, 0.2) is 0 Å². The molecule has 31 heavy (non-hydrogen) atoms. The molecule has 1 aromatic carbocycles. The van der Waals surface area contributed by atoms with Crippen LogP contribution in [0, 0.1) is 12.8 Å². The van der Waals surface area contributed by atoms with Crippen molar-refractivity contribution in [1.82, 2.24) is 9.88 Å². The Morgan fingerprint density at radius 2 is 1.81 bits per heavy atom. The summed E-state index contributed by atoms with van der Waals surface area (Å²) in [5, 5.41) is 13.1. The average Bonchev–Trinajstić information content (AvgIpc) is 2.75. The fourth-order valence-electron chi connectivity index (χ4n) is 3.51. The molecular formula is C24H34N4O3. The molecule has 1 fully saturated rings. The highest BCUT2D eigenvalue weighted by Gasteiger charge is 2.20. The van der Waals surface area contributed by atoms with Gasteiger partial charge < -0.3 is 20.1 Å². The van der Waals surface area contributed by atoms with Crippen molar-refractivity contribution in [3.63, 3.8) is 0 Å². The van der Waals surface area contributed by atoms with Gasteiger partial charge in [-0.2, -0.15) is 0 Å². The number of carbonyl (C=O) groups excluding carboxylic acids is 1. The number of aromatic nitrogens is 1. The fourth-order valence-corrected chi connectivity index (χ4v) is 3.51. The van der Waals surface area contributed by atoms with E-state index in [0.29, 0.717) is 36.9 Å². The second kappa shape index (κ2) is 11.2. The Bertz CT molecular complexity index is 816. The number of aliphatic hydroxyl groups is 1. The minimum absolute atomic E-state index is 0.140.